The van der Waals surface area contributed by atoms with Crippen molar-refractivity contribution in [2.24, 2.45) is 5.41 Å². The molecule has 27 heavy (non-hydrogen) atoms. The molecule has 1 unspecified atom stereocenters. The number of benzene rings is 1. The molecule has 2 aromatic rings. The normalized spacial score (nSPS) is 22.1. The van der Waals surface area contributed by atoms with Crippen LogP contribution in [0.4, 0.5) is 16.3 Å². The Bertz CT molecular complexity index is 800. The number of para-hydroxylation sites is 1. The Balaban J connectivity index is 1.42. The van der Waals surface area contributed by atoms with Gasteiger partial charge in [-0.3, -0.25) is 0 Å². The van der Waals surface area contributed by atoms with E-state index in [1.54, 1.807) is 13.4 Å². The number of carbonyl (C=O) groups is 1. The summed E-state index contributed by atoms with van der Waals surface area (Å²) in [5, 5.41) is 3.00. The highest BCUT2D eigenvalue weighted by Crippen LogP contribution is 2.40. The van der Waals surface area contributed by atoms with Gasteiger partial charge in [0.15, 0.2) is 0 Å². The summed E-state index contributed by atoms with van der Waals surface area (Å²) in [6.45, 7) is 3.45. The van der Waals surface area contributed by atoms with E-state index in [0.717, 1.165) is 56.9 Å². The van der Waals surface area contributed by atoms with Gasteiger partial charge >= 0.3 is 6.03 Å². The van der Waals surface area contributed by atoms with Crippen LogP contribution in [0.5, 0.6) is 5.88 Å². The highest BCUT2D eigenvalue weighted by molar-refractivity contribution is 5.89. The largest absolute Gasteiger partial charge is 0.481 e. The van der Waals surface area contributed by atoms with Crippen molar-refractivity contribution in [1.82, 2.24) is 14.9 Å². The first kappa shape index (κ1) is 17.6. The monoisotopic (exact) mass is 367 g/mol. The quantitative estimate of drug-likeness (QED) is 0.903. The second kappa shape index (κ2) is 7.42. The minimum Gasteiger partial charge on any atom is -0.481 e. The molecule has 3 heterocycles. The number of urea groups is 1. The number of aromatic nitrogens is 2. The fourth-order valence-electron chi connectivity index (χ4n) is 4.18. The van der Waals surface area contributed by atoms with Crippen molar-refractivity contribution in [1.29, 1.82) is 0 Å². The van der Waals surface area contributed by atoms with E-state index in [1.807, 2.05) is 41.3 Å². The summed E-state index contributed by atoms with van der Waals surface area (Å²) in [7, 11) is 1.62. The lowest BCUT2D eigenvalue weighted by Crippen LogP contribution is -2.46. The molecule has 1 N–H and O–H groups in total. The van der Waals surface area contributed by atoms with Crippen LogP contribution in [0.15, 0.2) is 42.7 Å². The molecule has 4 rings (SSSR count). The zero-order valence-electron chi connectivity index (χ0n) is 15.6. The predicted molar refractivity (Wildman–Crippen MR) is 104 cm³/mol. The average molecular weight is 367 g/mol. The SMILES string of the molecule is COc1cc(N2CCCC3(CCN(C(=O)Nc4ccccc4)C3)C2)ncn1. The second-order valence-corrected chi connectivity index (χ2v) is 7.41. The van der Waals surface area contributed by atoms with Crippen molar-refractivity contribution in [2.45, 2.75) is 19.3 Å². The van der Waals surface area contributed by atoms with Crippen LogP contribution in [-0.2, 0) is 0 Å². The maximum absolute atomic E-state index is 12.6. The van der Waals surface area contributed by atoms with Gasteiger partial charge in [0.2, 0.25) is 5.88 Å². The Morgan fingerprint density at radius 1 is 1.15 bits per heavy atom. The number of rotatable bonds is 3. The summed E-state index contributed by atoms with van der Waals surface area (Å²) in [4.78, 5) is 25.4. The average Bonchev–Trinajstić information content (AvgIpc) is 3.12. The molecule has 1 aromatic carbocycles. The lowest BCUT2D eigenvalue weighted by atomic mass is 9.79. The van der Waals surface area contributed by atoms with Crippen molar-refractivity contribution in [3.8, 4) is 5.88 Å². The fraction of sp³-hybridized carbons (Fsp3) is 0.450. The molecule has 2 fully saturated rings. The highest BCUT2D eigenvalue weighted by Gasteiger charge is 2.43. The Labute approximate surface area is 159 Å². The van der Waals surface area contributed by atoms with Gasteiger partial charge < -0.3 is 19.9 Å². The smallest absolute Gasteiger partial charge is 0.321 e. The van der Waals surface area contributed by atoms with Gasteiger partial charge in [-0.25, -0.2) is 14.8 Å². The molecule has 7 heteroatoms. The molecule has 2 amide bonds. The third-order valence-corrected chi connectivity index (χ3v) is 5.57. The third kappa shape index (κ3) is 3.82. The first-order valence-electron chi connectivity index (χ1n) is 9.39. The molecular weight excluding hydrogens is 342 g/mol. The lowest BCUT2D eigenvalue weighted by molar-refractivity contribution is 0.203. The number of likely N-dealkylation sites (tertiary alicyclic amines) is 1. The van der Waals surface area contributed by atoms with Crippen LogP contribution in [0.25, 0.3) is 0 Å². The maximum Gasteiger partial charge on any atom is 0.321 e. The van der Waals surface area contributed by atoms with Gasteiger partial charge in [0, 0.05) is 43.3 Å². The summed E-state index contributed by atoms with van der Waals surface area (Å²) in [6, 6.07) is 11.5. The van der Waals surface area contributed by atoms with Gasteiger partial charge in [0.05, 0.1) is 7.11 Å². The molecule has 0 saturated carbocycles. The zero-order valence-corrected chi connectivity index (χ0v) is 15.6. The number of amides is 2. The number of nitrogens with zero attached hydrogens (tertiary/aromatic N) is 4. The summed E-state index contributed by atoms with van der Waals surface area (Å²) in [6.07, 6.45) is 4.80. The molecule has 1 aromatic heterocycles. The minimum absolute atomic E-state index is 0.0149. The standard InChI is InChI=1S/C20H25N5O2/c1-27-18-12-17(21-15-22-18)24-10-5-8-20(13-24)9-11-25(14-20)19(26)23-16-6-3-2-4-7-16/h2-4,6-7,12,15H,5,8-11,13-14H2,1H3,(H,23,26). The van der Waals surface area contributed by atoms with Crippen molar-refractivity contribution >= 4 is 17.5 Å². The van der Waals surface area contributed by atoms with Gasteiger partial charge in [0.1, 0.15) is 12.1 Å². The number of hydrogen-bond acceptors (Lipinski definition) is 5. The first-order valence-corrected chi connectivity index (χ1v) is 9.39. The Morgan fingerprint density at radius 2 is 2.00 bits per heavy atom. The summed E-state index contributed by atoms with van der Waals surface area (Å²) < 4.78 is 5.23. The highest BCUT2D eigenvalue weighted by atomic mass is 16.5. The van der Waals surface area contributed by atoms with Gasteiger partial charge in [-0.15, -0.1) is 0 Å². The van der Waals surface area contributed by atoms with E-state index in [4.69, 9.17) is 4.74 Å². The number of nitrogens with one attached hydrogen (secondary N) is 1. The summed E-state index contributed by atoms with van der Waals surface area (Å²) >= 11 is 0. The molecular formula is C20H25N5O2. The zero-order chi connectivity index (χ0) is 18.7. The predicted octanol–water partition coefficient (Wildman–Crippen LogP) is 3.01. The molecule has 0 bridgehead atoms. The molecule has 142 valence electrons. The van der Waals surface area contributed by atoms with E-state index in [2.05, 4.69) is 20.2 Å². The molecule has 1 spiro atoms. The van der Waals surface area contributed by atoms with Crippen molar-refractivity contribution in [3.63, 3.8) is 0 Å². The van der Waals surface area contributed by atoms with E-state index in [0.29, 0.717) is 5.88 Å². The minimum atomic E-state index is -0.0149. The molecule has 1 atom stereocenters. The number of carbonyl (C=O) groups excluding carboxylic acids is 1. The van der Waals surface area contributed by atoms with E-state index in [1.165, 1.54) is 0 Å². The Kier molecular flexibility index (Phi) is 4.83. The van der Waals surface area contributed by atoms with Crippen LogP contribution in [0.1, 0.15) is 19.3 Å². The van der Waals surface area contributed by atoms with E-state index in [9.17, 15) is 4.79 Å². The first-order chi connectivity index (χ1) is 13.2. The lowest BCUT2D eigenvalue weighted by Gasteiger charge is -2.40. The fourth-order valence-corrected chi connectivity index (χ4v) is 4.18. The molecule has 7 nitrogen and oxygen atoms in total. The van der Waals surface area contributed by atoms with Gasteiger partial charge in [-0.2, -0.15) is 0 Å². The maximum atomic E-state index is 12.6. The van der Waals surface area contributed by atoms with Crippen molar-refractivity contribution in [2.75, 3.05) is 43.5 Å². The van der Waals surface area contributed by atoms with E-state index < -0.39 is 0 Å². The number of hydrogen-bond donors (Lipinski definition) is 1. The molecule has 0 aliphatic carbocycles. The van der Waals surface area contributed by atoms with E-state index in [-0.39, 0.29) is 11.4 Å². The third-order valence-electron chi connectivity index (χ3n) is 5.57. The summed E-state index contributed by atoms with van der Waals surface area (Å²) in [5.74, 6) is 1.48. The van der Waals surface area contributed by atoms with Gasteiger partial charge in [-0.05, 0) is 31.4 Å². The molecule has 2 aliphatic heterocycles. The van der Waals surface area contributed by atoms with Crippen LogP contribution in [0, 0.1) is 5.41 Å². The van der Waals surface area contributed by atoms with Crippen LogP contribution < -0.4 is 15.0 Å². The topological polar surface area (TPSA) is 70.6 Å². The number of methoxy groups -OCH3 is 1. The molecule has 2 aliphatic rings. The van der Waals surface area contributed by atoms with Gasteiger partial charge in [-0.1, -0.05) is 18.2 Å². The van der Waals surface area contributed by atoms with Crippen LogP contribution >= 0.6 is 0 Å². The molecule has 0 radical (unpaired) electrons. The molecule has 2 saturated heterocycles. The van der Waals surface area contributed by atoms with Crippen LogP contribution in [0.3, 0.4) is 0 Å². The van der Waals surface area contributed by atoms with Crippen molar-refractivity contribution in [3.05, 3.63) is 42.7 Å². The number of ether oxygens (including phenoxy) is 1. The summed E-state index contributed by atoms with van der Waals surface area (Å²) in [5.41, 5.74) is 0.964. The van der Waals surface area contributed by atoms with Gasteiger partial charge in [0.25, 0.3) is 0 Å². The Morgan fingerprint density at radius 3 is 2.81 bits per heavy atom. The van der Waals surface area contributed by atoms with E-state index >= 15 is 0 Å². The number of anilines is 2. The van der Waals surface area contributed by atoms with Crippen molar-refractivity contribution < 1.29 is 9.53 Å². The van der Waals surface area contributed by atoms with Crippen LogP contribution in [-0.4, -0.2) is 54.2 Å². The second-order valence-electron chi connectivity index (χ2n) is 7.41. The number of piperidine rings is 1. The van der Waals surface area contributed by atoms with Crippen LogP contribution in [0.2, 0.25) is 0 Å². The Hall–Kier alpha value is -2.83.